The zero-order valence-corrected chi connectivity index (χ0v) is 8.61. The predicted molar refractivity (Wildman–Crippen MR) is 56.9 cm³/mol. The molecular weight excluding hydrogens is 174 g/mol. The fourth-order valence-corrected chi connectivity index (χ4v) is 1.68. The fraction of sp³-hybridized carbons (Fsp3) is 0.500. The average molecular weight is 191 g/mol. The lowest BCUT2D eigenvalue weighted by Gasteiger charge is -2.15. The molecule has 0 bridgehead atoms. The maximum Gasteiger partial charge on any atom is 0.0681 e. The minimum atomic E-state index is 0.138. The molecule has 1 aliphatic rings. The summed E-state index contributed by atoms with van der Waals surface area (Å²) >= 11 is 0. The number of nitrogens with zero attached hydrogens (tertiary/aromatic N) is 1. The lowest BCUT2D eigenvalue weighted by Crippen LogP contribution is -2.19. The number of rotatable bonds is 4. The number of hydrogen-bond acceptors (Lipinski definition) is 2. The third-order valence-corrected chi connectivity index (χ3v) is 2.81. The molecule has 1 saturated carbocycles. The van der Waals surface area contributed by atoms with E-state index in [0.29, 0.717) is 0 Å². The van der Waals surface area contributed by atoms with Crippen molar-refractivity contribution in [2.24, 2.45) is 0 Å². The van der Waals surface area contributed by atoms with Gasteiger partial charge in [0.15, 0.2) is 0 Å². The molecule has 0 heterocycles. The Morgan fingerprint density at radius 1 is 1.21 bits per heavy atom. The van der Waals surface area contributed by atoms with Crippen molar-refractivity contribution >= 4 is 0 Å². The summed E-state index contributed by atoms with van der Waals surface area (Å²) in [5.74, 6) is 0. The van der Waals surface area contributed by atoms with Gasteiger partial charge in [0, 0.05) is 12.6 Å². The van der Waals surface area contributed by atoms with Crippen LogP contribution in [0.4, 0.5) is 0 Å². The number of aliphatic hydroxyl groups is 1. The molecule has 0 saturated heterocycles. The normalized spacial score (nSPS) is 16.2. The summed E-state index contributed by atoms with van der Waals surface area (Å²) in [4.78, 5) is 2.40. The molecule has 1 fully saturated rings. The van der Waals surface area contributed by atoms with Crippen LogP contribution in [0.2, 0.25) is 0 Å². The third kappa shape index (κ3) is 2.34. The number of hydrogen-bond donors (Lipinski definition) is 1. The van der Waals surface area contributed by atoms with E-state index in [2.05, 4.69) is 24.1 Å². The quantitative estimate of drug-likeness (QED) is 0.784. The first-order chi connectivity index (χ1) is 6.79. The van der Waals surface area contributed by atoms with Gasteiger partial charge in [0.2, 0.25) is 0 Å². The second-order valence-electron chi connectivity index (χ2n) is 4.12. The molecule has 0 atom stereocenters. The van der Waals surface area contributed by atoms with Crippen molar-refractivity contribution < 1.29 is 5.11 Å². The second kappa shape index (κ2) is 4.11. The van der Waals surface area contributed by atoms with Crippen LogP contribution in [0.15, 0.2) is 24.3 Å². The highest BCUT2D eigenvalue weighted by atomic mass is 16.3. The molecule has 0 amide bonds. The van der Waals surface area contributed by atoms with E-state index in [1.54, 1.807) is 0 Å². The average Bonchev–Trinajstić information content (AvgIpc) is 3.02. The van der Waals surface area contributed by atoms with E-state index >= 15 is 0 Å². The highest BCUT2D eigenvalue weighted by molar-refractivity contribution is 5.22. The molecule has 0 radical (unpaired) electrons. The molecule has 1 N–H and O–H groups in total. The van der Waals surface area contributed by atoms with E-state index in [1.165, 1.54) is 18.4 Å². The van der Waals surface area contributed by atoms with E-state index in [-0.39, 0.29) is 6.61 Å². The minimum Gasteiger partial charge on any atom is -0.392 e. The second-order valence-corrected chi connectivity index (χ2v) is 4.12. The minimum absolute atomic E-state index is 0.138. The van der Waals surface area contributed by atoms with Crippen LogP contribution in [0.25, 0.3) is 0 Å². The molecule has 0 aromatic heterocycles. The molecule has 14 heavy (non-hydrogen) atoms. The first-order valence-corrected chi connectivity index (χ1v) is 5.18. The van der Waals surface area contributed by atoms with Gasteiger partial charge in [0.05, 0.1) is 6.61 Å². The van der Waals surface area contributed by atoms with Crippen LogP contribution >= 0.6 is 0 Å². The first kappa shape index (κ1) is 9.69. The Morgan fingerprint density at radius 3 is 2.29 bits per heavy atom. The Morgan fingerprint density at radius 2 is 1.79 bits per heavy atom. The van der Waals surface area contributed by atoms with Gasteiger partial charge in [-0.25, -0.2) is 0 Å². The highest BCUT2D eigenvalue weighted by Crippen LogP contribution is 2.26. The van der Waals surface area contributed by atoms with E-state index in [0.717, 1.165) is 18.2 Å². The van der Waals surface area contributed by atoms with Gasteiger partial charge in [-0.1, -0.05) is 24.3 Å². The van der Waals surface area contributed by atoms with Crippen LogP contribution in [-0.4, -0.2) is 23.1 Å². The molecule has 0 aliphatic heterocycles. The zero-order valence-electron chi connectivity index (χ0n) is 8.61. The van der Waals surface area contributed by atoms with E-state index in [4.69, 9.17) is 5.11 Å². The molecular formula is C12H17NO. The summed E-state index contributed by atoms with van der Waals surface area (Å²) in [6.07, 6.45) is 2.70. The van der Waals surface area contributed by atoms with Gasteiger partial charge in [-0.3, -0.25) is 4.90 Å². The number of benzene rings is 1. The van der Waals surface area contributed by atoms with Gasteiger partial charge in [0.25, 0.3) is 0 Å². The molecule has 1 aliphatic carbocycles. The van der Waals surface area contributed by atoms with E-state index in [1.807, 2.05) is 12.1 Å². The summed E-state index contributed by atoms with van der Waals surface area (Å²) < 4.78 is 0. The zero-order chi connectivity index (χ0) is 9.97. The maximum atomic E-state index is 8.90. The van der Waals surface area contributed by atoms with Crippen molar-refractivity contribution in [2.45, 2.75) is 32.0 Å². The number of aliphatic hydroxyl groups excluding tert-OH is 1. The summed E-state index contributed by atoms with van der Waals surface area (Å²) in [6.45, 7) is 1.16. The van der Waals surface area contributed by atoms with Crippen molar-refractivity contribution in [2.75, 3.05) is 7.05 Å². The summed E-state index contributed by atoms with van der Waals surface area (Å²) in [6, 6.07) is 9.01. The summed E-state index contributed by atoms with van der Waals surface area (Å²) in [5, 5.41) is 8.90. The molecule has 2 rings (SSSR count). The van der Waals surface area contributed by atoms with Crippen LogP contribution in [0.3, 0.4) is 0 Å². The summed E-state index contributed by atoms with van der Waals surface area (Å²) in [7, 11) is 2.18. The Bertz CT molecular complexity index is 290. The van der Waals surface area contributed by atoms with Gasteiger partial charge in [-0.15, -0.1) is 0 Å². The van der Waals surface area contributed by atoms with Crippen molar-refractivity contribution in [3.8, 4) is 0 Å². The van der Waals surface area contributed by atoms with E-state index in [9.17, 15) is 0 Å². The maximum absolute atomic E-state index is 8.90. The highest BCUT2D eigenvalue weighted by Gasteiger charge is 2.25. The Labute approximate surface area is 85.2 Å². The molecule has 2 heteroatoms. The van der Waals surface area contributed by atoms with E-state index < -0.39 is 0 Å². The molecule has 1 aromatic rings. The van der Waals surface area contributed by atoms with Crippen LogP contribution in [0.5, 0.6) is 0 Å². The first-order valence-electron chi connectivity index (χ1n) is 5.18. The lowest BCUT2D eigenvalue weighted by atomic mass is 10.1. The van der Waals surface area contributed by atoms with Crippen LogP contribution in [-0.2, 0) is 13.2 Å². The van der Waals surface area contributed by atoms with Crippen molar-refractivity contribution in [3.63, 3.8) is 0 Å². The summed E-state index contributed by atoms with van der Waals surface area (Å²) in [5.41, 5.74) is 2.32. The monoisotopic (exact) mass is 191 g/mol. The lowest BCUT2D eigenvalue weighted by molar-refractivity contribution is 0.281. The topological polar surface area (TPSA) is 23.5 Å². The van der Waals surface area contributed by atoms with Gasteiger partial charge in [0.1, 0.15) is 0 Å². The Hall–Kier alpha value is -0.860. The molecule has 2 nitrogen and oxygen atoms in total. The SMILES string of the molecule is CN(Cc1ccc(CO)cc1)C1CC1. The standard InChI is InChI=1S/C12H17NO/c1-13(12-6-7-12)8-10-2-4-11(9-14)5-3-10/h2-5,12,14H,6-9H2,1H3. The molecule has 0 spiro atoms. The van der Waals surface area contributed by atoms with Crippen molar-refractivity contribution in [1.29, 1.82) is 0 Å². The largest absolute Gasteiger partial charge is 0.392 e. The smallest absolute Gasteiger partial charge is 0.0681 e. The third-order valence-electron chi connectivity index (χ3n) is 2.81. The Kier molecular flexibility index (Phi) is 2.85. The Balaban J connectivity index is 1.95. The fourth-order valence-electron chi connectivity index (χ4n) is 1.68. The molecule has 1 aromatic carbocycles. The predicted octanol–water partition coefficient (Wildman–Crippen LogP) is 1.77. The van der Waals surface area contributed by atoms with Crippen molar-refractivity contribution in [1.82, 2.24) is 4.90 Å². The van der Waals surface area contributed by atoms with Gasteiger partial charge in [-0.2, -0.15) is 0 Å². The van der Waals surface area contributed by atoms with Crippen LogP contribution < -0.4 is 0 Å². The molecule has 0 unspecified atom stereocenters. The van der Waals surface area contributed by atoms with Gasteiger partial charge in [-0.05, 0) is 31.0 Å². The molecule has 76 valence electrons. The van der Waals surface area contributed by atoms with Gasteiger partial charge >= 0.3 is 0 Å². The van der Waals surface area contributed by atoms with Crippen LogP contribution in [0, 0.1) is 0 Å². The van der Waals surface area contributed by atoms with Gasteiger partial charge < -0.3 is 5.11 Å². The van der Waals surface area contributed by atoms with Crippen molar-refractivity contribution in [3.05, 3.63) is 35.4 Å². The van der Waals surface area contributed by atoms with Crippen LogP contribution in [0.1, 0.15) is 24.0 Å².